The number of rotatable bonds is 4. The summed E-state index contributed by atoms with van der Waals surface area (Å²) in [5.41, 5.74) is 1.26. The standard InChI is InChI=1S/C10H16N2OS/c1-8-4-5-14-9(8)7-12(3)10(13)6-11-2/h4-5,11H,6-7H2,1-3H3. The molecule has 14 heavy (non-hydrogen) atoms. The Balaban J connectivity index is 2.52. The van der Waals surface area contributed by atoms with Gasteiger partial charge in [-0.2, -0.15) is 0 Å². The molecule has 0 atom stereocenters. The van der Waals surface area contributed by atoms with Crippen LogP contribution in [0.15, 0.2) is 11.4 Å². The second-order valence-electron chi connectivity index (χ2n) is 3.31. The van der Waals surface area contributed by atoms with Crippen molar-refractivity contribution in [3.05, 3.63) is 21.9 Å². The lowest BCUT2D eigenvalue weighted by Gasteiger charge is -2.16. The Morgan fingerprint density at radius 2 is 2.36 bits per heavy atom. The van der Waals surface area contributed by atoms with E-state index in [-0.39, 0.29) is 5.91 Å². The minimum Gasteiger partial charge on any atom is -0.340 e. The van der Waals surface area contributed by atoms with E-state index in [4.69, 9.17) is 0 Å². The van der Waals surface area contributed by atoms with Crippen molar-refractivity contribution in [3.63, 3.8) is 0 Å². The number of thiophene rings is 1. The highest BCUT2D eigenvalue weighted by molar-refractivity contribution is 7.10. The molecule has 0 fully saturated rings. The number of hydrogen-bond donors (Lipinski definition) is 1. The van der Waals surface area contributed by atoms with E-state index in [1.165, 1.54) is 10.4 Å². The predicted octanol–water partition coefficient (Wildman–Crippen LogP) is 1.23. The molecular formula is C10H16N2OS. The second kappa shape index (κ2) is 5.12. The summed E-state index contributed by atoms with van der Waals surface area (Å²) in [7, 11) is 3.61. The molecule has 0 spiro atoms. The van der Waals surface area contributed by atoms with Crippen molar-refractivity contribution in [2.24, 2.45) is 0 Å². The second-order valence-corrected chi connectivity index (χ2v) is 4.31. The molecule has 0 aliphatic carbocycles. The monoisotopic (exact) mass is 212 g/mol. The molecule has 0 bridgehead atoms. The molecule has 1 amide bonds. The SMILES string of the molecule is CNCC(=O)N(C)Cc1sccc1C. The summed E-state index contributed by atoms with van der Waals surface area (Å²) in [6.45, 7) is 3.19. The highest BCUT2D eigenvalue weighted by Gasteiger charge is 2.09. The Kier molecular flexibility index (Phi) is 4.10. The molecule has 0 saturated heterocycles. The Bertz CT molecular complexity index is 309. The van der Waals surface area contributed by atoms with Crippen molar-refractivity contribution in [2.75, 3.05) is 20.6 Å². The first kappa shape index (κ1) is 11.2. The third kappa shape index (κ3) is 2.82. The van der Waals surface area contributed by atoms with E-state index in [2.05, 4.69) is 23.7 Å². The van der Waals surface area contributed by atoms with Gasteiger partial charge in [0.1, 0.15) is 0 Å². The highest BCUT2D eigenvalue weighted by Crippen LogP contribution is 2.16. The largest absolute Gasteiger partial charge is 0.340 e. The summed E-state index contributed by atoms with van der Waals surface area (Å²) in [5.74, 6) is 0.125. The molecule has 1 rings (SSSR count). The quantitative estimate of drug-likeness (QED) is 0.814. The molecule has 0 aliphatic heterocycles. The van der Waals surface area contributed by atoms with Crippen molar-refractivity contribution < 1.29 is 4.79 Å². The van der Waals surface area contributed by atoms with E-state index >= 15 is 0 Å². The lowest BCUT2D eigenvalue weighted by atomic mass is 10.3. The number of carbonyl (C=O) groups excluding carboxylic acids is 1. The van der Waals surface area contributed by atoms with Crippen LogP contribution in [0.5, 0.6) is 0 Å². The molecule has 1 aromatic heterocycles. The van der Waals surface area contributed by atoms with Crippen molar-refractivity contribution in [1.29, 1.82) is 0 Å². The normalized spacial score (nSPS) is 10.2. The average Bonchev–Trinajstić information content (AvgIpc) is 2.52. The molecule has 1 aromatic rings. The first-order chi connectivity index (χ1) is 6.65. The van der Waals surface area contributed by atoms with E-state index in [9.17, 15) is 4.79 Å². The van der Waals surface area contributed by atoms with Crippen LogP contribution >= 0.6 is 11.3 Å². The van der Waals surface area contributed by atoms with Crippen LogP contribution in [0.1, 0.15) is 10.4 Å². The van der Waals surface area contributed by atoms with Gasteiger partial charge in [-0.05, 0) is 31.0 Å². The average molecular weight is 212 g/mol. The number of likely N-dealkylation sites (N-methyl/N-ethyl adjacent to an activating group) is 2. The van der Waals surface area contributed by atoms with E-state index in [0.717, 1.165) is 0 Å². The number of aryl methyl sites for hydroxylation is 1. The van der Waals surface area contributed by atoms with Crippen LogP contribution in [0.4, 0.5) is 0 Å². The van der Waals surface area contributed by atoms with Crippen LogP contribution in [0.25, 0.3) is 0 Å². The maximum absolute atomic E-state index is 11.4. The van der Waals surface area contributed by atoms with Gasteiger partial charge in [-0.15, -0.1) is 11.3 Å². The summed E-state index contributed by atoms with van der Waals surface area (Å²) in [6, 6.07) is 2.08. The van der Waals surface area contributed by atoms with E-state index in [1.807, 2.05) is 7.05 Å². The predicted molar refractivity (Wildman–Crippen MR) is 59.5 cm³/mol. The number of nitrogens with one attached hydrogen (secondary N) is 1. The van der Waals surface area contributed by atoms with Crippen LogP contribution in [0, 0.1) is 6.92 Å². The fourth-order valence-corrected chi connectivity index (χ4v) is 2.11. The van der Waals surface area contributed by atoms with Crippen LogP contribution in [0.2, 0.25) is 0 Å². The van der Waals surface area contributed by atoms with Crippen molar-refractivity contribution in [1.82, 2.24) is 10.2 Å². The minimum atomic E-state index is 0.125. The summed E-state index contributed by atoms with van der Waals surface area (Å²) < 4.78 is 0. The summed E-state index contributed by atoms with van der Waals surface area (Å²) >= 11 is 1.70. The van der Waals surface area contributed by atoms with E-state index in [1.54, 1.807) is 23.3 Å². The van der Waals surface area contributed by atoms with Gasteiger partial charge in [-0.25, -0.2) is 0 Å². The zero-order chi connectivity index (χ0) is 10.6. The van der Waals surface area contributed by atoms with Crippen LogP contribution < -0.4 is 5.32 Å². The van der Waals surface area contributed by atoms with Gasteiger partial charge in [0.15, 0.2) is 0 Å². The van der Waals surface area contributed by atoms with Gasteiger partial charge in [0.05, 0.1) is 13.1 Å². The first-order valence-corrected chi connectivity index (χ1v) is 5.44. The van der Waals surface area contributed by atoms with Gasteiger partial charge >= 0.3 is 0 Å². The molecule has 4 heteroatoms. The minimum absolute atomic E-state index is 0.125. The summed E-state index contributed by atoms with van der Waals surface area (Å²) in [5, 5.41) is 4.91. The smallest absolute Gasteiger partial charge is 0.236 e. The van der Waals surface area contributed by atoms with Crippen LogP contribution in [-0.4, -0.2) is 31.4 Å². The molecule has 1 N–H and O–H groups in total. The van der Waals surface area contributed by atoms with E-state index < -0.39 is 0 Å². The number of carbonyl (C=O) groups is 1. The maximum atomic E-state index is 11.4. The summed E-state index contributed by atoms with van der Waals surface area (Å²) in [6.07, 6.45) is 0. The van der Waals surface area contributed by atoms with Gasteiger partial charge < -0.3 is 10.2 Å². The summed E-state index contributed by atoms with van der Waals surface area (Å²) in [4.78, 5) is 14.5. The Morgan fingerprint density at radius 3 is 2.86 bits per heavy atom. The van der Waals surface area contributed by atoms with Crippen LogP contribution in [0.3, 0.4) is 0 Å². The Labute approximate surface area is 88.7 Å². The highest BCUT2D eigenvalue weighted by atomic mass is 32.1. The lowest BCUT2D eigenvalue weighted by Crippen LogP contribution is -2.33. The first-order valence-electron chi connectivity index (χ1n) is 4.56. The molecule has 3 nitrogen and oxygen atoms in total. The third-order valence-corrected chi connectivity index (χ3v) is 3.11. The fraction of sp³-hybridized carbons (Fsp3) is 0.500. The van der Waals surface area contributed by atoms with Crippen molar-refractivity contribution >= 4 is 17.2 Å². The molecule has 0 aromatic carbocycles. The van der Waals surface area contributed by atoms with Gasteiger partial charge in [-0.1, -0.05) is 0 Å². The molecule has 0 aliphatic rings. The van der Waals surface area contributed by atoms with Gasteiger partial charge in [0, 0.05) is 11.9 Å². The number of amides is 1. The third-order valence-electron chi connectivity index (χ3n) is 2.10. The van der Waals surface area contributed by atoms with Gasteiger partial charge in [0.25, 0.3) is 0 Å². The van der Waals surface area contributed by atoms with Gasteiger partial charge in [-0.3, -0.25) is 4.79 Å². The molecule has 0 radical (unpaired) electrons. The molecule has 0 unspecified atom stereocenters. The van der Waals surface area contributed by atoms with Gasteiger partial charge in [0.2, 0.25) is 5.91 Å². The Morgan fingerprint density at radius 1 is 1.64 bits per heavy atom. The number of nitrogens with zero attached hydrogens (tertiary/aromatic N) is 1. The molecule has 78 valence electrons. The molecule has 0 saturated carbocycles. The molecule has 1 heterocycles. The Hall–Kier alpha value is -0.870. The number of hydrogen-bond acceptors (Lipinski definition) is 3. The zero-order valence-electron chi connectivity index (χ0n) is 8.83. The molecular weight excluding hydrogens is 196 g/mol. The fourth-order valence-electron chi connectivity index (χ4n) is 1.16. The van der Waals surface area contributed by atoms with Crippen molar-refractivity contribution in [3.8, 4) is 0 Å². The maximum Gasteiger partial charge on any atom is 0.236 e. The van der Waals surface area contributed by atoms with Crippen molar-refractivity contribution in [2.45, 2.75) is 13.5 Å². The van der Waals surface area contributed by atoms with E-state index in [0.29, 0.717) is 13.1 Å². The van der Waals surface area contributed by atoms with Crippen LogP contribution in [-0.2, 0) is 11.3 Å². The topological polar surface area (TPSA) is 32.3 Å². The lowest BCUT2D eigenvalue weighted by molar-refractivity contribution is -0.129. The zero-order valence-corrected chi connectivity index (χ0v) is 9.65.